The van der Waals surface area contributed by atoms with Gasteiger partial charge in [0.05, 0.1) is 5.56 Å². The molecule has 0 saturated heterocycles. The average molecular weight is 329 g/mol. The zero-order valence-corrected chi connectivity index (χ0v) is 12.4. The molecule has 0 radical (unpaired) electrons. The Balaban J connectivity index is 2.86. The maximum absolute atomic E-state index is 13.3. The molecule has 0 unspecified atom stereocenters. The predicted octanol–water partition coefficient (Wildman–Crippen LogP) is 3.36. The van der Waals surface area contributed by atoms with Crippen LogP contribution in [0.15, 0.2) is 27.4 Å². The molecule has 0 atom stereocenters. The molecule has 2 rings (SSSR count). The van der Waals surface area contributed by atoms with E-state index in [1.165, 1.54) is 12.1 Å². The molecule has 23 heavy (non-hydrogen) atoms. The number of fused-ring (bicyclic) bond motifs is 1. The van der Waals surface area contributed by atoms with Gasteiger partial charge in [0.25, 0.3) is 0 Å². The standard InChI is InChI=1S/C15H14F3NO4/c1-3-19(4-2)8-5-6-9-10(7-8)23-14(22)11(13(20)21)12(9)15(16,17)18/h5-7H,3-4H2,1-2H3,(H,20,21). The van der Waals surface area contributed by atoms with Crippen molar-refractivity contribution in [1.82, 2.24) is 0 Å². The number of nitrogens with zero attached hydrogens (tertiary/aromatic N) is 1. The molecule has 0 fully saturated rings. The summed E-state index contributed by atoms with van der Waals surface area (Å²) in [6.45, 7) is 4.98. The Morgan fingerprint density at radius 1 is 1.26 bits per heavy atom. The number of hydrogen-bond donors (Lipinski definition) is 1. The molecule has 1 aromatic heterocycles. The normalized spacial score (nSPS) is 11.7. The van der Waals surface area contributed by atoms with E-state index in [9.17, 15) is 22.8 Å². The molecule has 0 aliphatic carbocycles. The fourth-order valence-corrected chi connectivity index (χ4v) is 2.46. The van der Waals surface area contributed by atoms with Crippen LogP contribution in [0.3, 0.4) is 0 Å². The maximum Gasteiger partial charge on any atom is 0.418 e. The van der Waals surface area contributed by atoms with E-state index in [2.05, 4.69) is 0 Å². The number of rotatable bonds is 4. The van der Waals surface area contributed by atoms with E-state index >= 15 is 0 Å². The molecular weight excluding hydrogens is 315 g/mol. The van der Waals surface area contributed by atoms with Gasteiger partial charge in [-0.25, -0.2) is 9.59 Å². The second-order valence-corrected chi connectivity index (χ2v) is 4.80. The number of carboxylic acids is 1. The van der Waals surface area contributed by atoms with Gasteiger partial charge in [-0.3, -0.25) is 0 Å². The lowest BCUT2D eigenvalue weighted by atomic mass is 10.0. The summed E-state index contributed by atoms with van der Waals surface area (Å²) in [6, 6.07) is 3.88. The minimum atomic E-state index is -4.99. The Labute approximate surface area is 128 Å². The Morgan fingerprint density at radius 3 is 2.35 bits per heavy atom. The van der Waals surface area contributed by atoms with E-state index in [0.29, 0.717) is 18.8 Å². The molecule has 1 heterocycles. The average Bonchev–Trinajstić information content (AvgIpc) is 2.45. The maximum atomic E-state index is 13.3. The monoisotopic (exact) mass is 329 g/mol. The van der Waals surface area contributed by atoms with Crippen molar-refractivity contribution in [2.24, 2.45) is 0 Å². The third-order valence-corrected chi connectivity index (χ3v) is 3.52. The molecule has 124 valence electrons. The first-order chi connectivity index (χ1) is 10.7. The number of alkyl halides is 3. The van der Waals surface area contributed by atoms with Gasteiger partial charge in [0.1, 0.15) is 5.58 Å². The van der Waals surface area contributed by atoms with Gasteiger partial charge in [-0.2, -0.15) is 13.2 Å². The number of benzene rings is 1. The largest absolute Gasteiger partial charge is 0.477 e. The van der Waals surface area contributed by atoms with Gasteiger partial charge >= 0.3 is 17.8 Å². The van der Waals surface area contributed by atoms with Crippen LogP contribution < -0.4 is 10.5 Å². The summed E-state index contributed by atoms with van der Waals surface area (Å²) in [6.07, 6.45) is -4.99. The highest BCUT2D eigenvalue weighted by atomic mass is 19.4. The highest BCUT2D eigenvalue weighted by Gasteiger charge is 2.40. The molecule has 0 spiro atoms. The van der Waals surface area contributed by atoms with Crippen LogP contribution in [0.25, 0.3) is 11.0 Å². The highest BCUT2D eigenvalue weighted by Crippen LogP contribution is 2.37. The molecule has 0 amide bonds. The van der Waals surface area contributed by atoms with Crippen molar-refractivity contribution in [3.63, 3.8) is 0 Å². The van der Waals surface area contributed by atoms with E-state index in [4.69, 9.17) is 9.52 Å². The van der Waals surface area contributed by atoms with Crippen molar-refractivity contribution < 1.29 is 27.5 Å². The van der Waals surface area contributed by atoms with E-state index < -0.39 is 34.3 Å². The zero-order valence-electron chi connectivity index (χ0n) is 12.4. The number of anilines is 1. The first-order valence-electron chi connectivity index (χ1n) is 6.87. The number of carbonyl (C=O) groups is 1. The van der Waals surface area contributed by atoms with E-state index in [0.717, 1.165) is 6.07 Å². The van der Waals surface area contributed by atoms with Crippen LogP contribution in [0, 0.1) is 0 Å². The van der Waals surface area contributed by atoms with Crippen molar-refractivity contribution in [1.29, 1.82) is 0 Å². The van der Waals surface area contributed by atoms with Crippen LogP contribution in [0.2, 0.25) is 0 Å². The molecule has 0 bridgehead atoms. The van der Waals surface area contributed by atoms with E-state index in [1.54, 1.807) is 0 Å². The molecule has 0 aliphatic rings. The van der Waals surface area contributed by atoms with Crippen LogP contribution in [0.4, 0.5) is 18.9 Å². The minimum absolute atomic E-state index is 0.295. The molecule has 0 aliphatic heterocycles. The number of aromatic carboxylic acids is 1. The van der Waals surface area contributed by atoms with Gasteiger partial charge in [0.2, 0.25) is 0 Å². The summed E-state index contributed by atoms with van der Waals surface area (Å²) in [7, 11) is 0. The van der Waals surface area contributed by atoms with Crippen LogP contribution in [0.5, 0.6) is 0 Å². The van der Waals surface area contributed by atoms with Gasteiger partial charge < -0.3 is 14.4 Å². The summed E-state index contributed by atoms with van der Waals surface area (Å²) in [5.41, 5.74) is -4.12. The van der Waals surface area contributed by atoms with Gasteiger partial charge in [-0.1, -0.05) is 0 Å². The van der Waals surface area contributed by atoms with Crippen LogP contribution >= 0.6 is 0 Å². The molecular formula is C15H14F3NO4. The van der Waals surface area contributed by atoms with Gasteiger partial charge in [-0.05, 0) is 26.0 Å². The SMILES string of the molecule is CCN(CC)c1ccc2c(C(F)(F)F)c(C(=O)O)c(=O)oc2c1. The first-order valence-corrected chi connectivity index (χ1v) is 6.87. The first kappa shape index (κ1) is 16.9. The second kappa shape index (κ2) is 5.94. The molecule has 1 N–H and O–H groups in total. The van der Waals surface area contributed by atoms with Crippen LogP contribution in [0.1, 0.15) is 29.8 Å². The lowest BCUT2D eigenvalue weighted by molar-refractivity contribution is -0.137. The Hall–Kier alpha value is -2.51. The quantitative estimate of drug-likeness (QED) is 0.871. The molecule has 8 heteroatoms. The Kier molecular flexibility index (Phi) is 4.35. The molecule has 1 aromatic carbocycles. The Morgan fingerprint density at radius 2 is 1.87 bits per heavy atom. The number of halogens is 3. The highest BCUT2D eigenvalue weighted by molar-refractivity contribution is 5.96. The minimum Gasteiger partial charge on any atom is -0.477 e. The predicted molar refractivity (Wildman–Crippen MR) is 78.0 cm³/mol. The van der Waals surface area contributed by atoms with Gasteiger partial charge in [0, 0.05) is 30.2 Å². The fourth-order valence-electron chi connectivity index (χ4n) is 2.46. The summed E-state index contributed by atoms with van der Waals surface area (Å²) < 4.78 is 44.6. The summed E-state index contributed by atoms with van der Waals surface area (Å²) in [5.74, 6) is -1.97. The summed E-state index contributed by atoms with van der Waals surface area (Å²) in [4.78, 5) is 24.6. The lowest BCUT2D eigenvalue weighted by Crippen LogP contribution is -2.24. The molecule has 5 nitrogen and oxygen atoms in total. The van der Waals surface area contributed by atoms with Gasteiger partial charge in [0.15, 0.2) is 5.56 Å². The lowest BCUT2D eigenvalue weighted by Gasteiger charge is -2.21. The zero-order chi connectivity index (χ0) is 17.4. The van der Waals surface area contributed by atoms with Crippen molar-refractivity contribution in [3.8, 4) is 0 Å². The third kappa shape index (κ3) is 3.01. The van der Waals surface area contributed by atoms with Gasteiger partial charge in [-0.15, -0.1) is 0 Å². The third-order valence-electron chi connectivity index (χ3n) is 3.52. The van der Waals surface area contributed by atoms with E-state index in [-0.39, 0.29) is 5.58 Å². The summed E-state index contributed by atoms with van der Waals surface area (Å²) >= 11 is 0. The smallest absolute Gasteiger partial charge is 0.418 e. The van der Waals surface area contributed by atoms with E-state index in [1.807, 2.05) is 18.7 Å². The molecule has 0 saturated carbocycles. The fraction of sp³-hybridized carbons (Fsp3) is 0.333. The Bertz CT molecular complexity index is 807. The van der Waals surface area contributed by atoms with Crippen molar-refractivity contribution in [3.05, 3.63) is 39.7 Å². The topological polar surface area (TPSA) is 70.8 Å². The summed E-state index contributed by atoms with van der Waals surface area (Å²) in [5, 5.41) is 8.47. The molecule has 2 aromatic rings. The number of carboxylic acid groups (broad SMARTS) is 1. The second-order valence-electron chi connectivity index (χ2n) is 4.80. The van der Waals surface area contributed by atoms with Crippen molar-refractivity contribution in [2.75, 3.05) is 18.0 Å². The number of hydrogen-bond acceptors (Lipinski definition) is 4. The van der Waals surface area contributed by atoms with Crippen molar-refractivity contribution in [2.45, 2.75) is 20.0 Å². The van der Waals surface area contributed by atoms with Crippen LogP contribution in [-0.4, -0.2) is 24.2 Å². The van der Waals surface area contributed by atoms with Crippen molar-refractivity contribution >= 4 is 22.6 Å². The van der Waals surface area contributed by atoms with Crippen LogP contribution in [-0.2, 0) is 6.18 Å².